The van der Waals surface area contributed by atoms with Crippen molar-refractivity contribution in [3.05, 3.63) is 94.7 Å². The zero-order chi connectivity index (χ0) is 28.1. The monoisotopic (exact) mass is 551 g/mol. The van der Waals surface area contributed by atoms with Gasteiger partial charge in [-0.1, -0.05) is 16.8 Å². The third-order valence-corrected chi connectivity index (χ3v) is 5.97. The van der Waals surface area contributed by atoms with E-state index in [4.69, 9.17) is 40.7 Å². The van der Waals surface area contributed by atoms with Gasteiger partial charge in [0.2, 0.25) is 5.89 Å². The number of ketones is 1. The summed E-state index contributed by atoms with van der Waals surface area (Å²) < 4.78 is 12.9. The van der Waals surface area contributed by atoms with Crippen LogP contribution < -0.4 is 4.74 Å². The molecule has 3 heterocycles. The number of imidazole rings is 1. The minimum atomic E-state index is -1.82. The summed E-state index contributed by atoms with van der Waals surface area (Å²) in [5.41, 5.74) is 2.98. The van der Waals surface area contributed by atoms with Gasteiger partial charge in [0.1, 0.15) is 11.7 Å². The molecule has 0 bridgehead atoms. The molecule has 0 aliphatic rings. The number of hydrogen-bond acceptors (Lipinski definition) is 8. The predicted molar refractivity (Wildman–Crippen MR) is 138 cm³/mol. The van der Waals surface area contributed by atoms with Crippen molar-refractivity contribution in [2.24, 2.45) is 0 Å². The smallest absolute Gasteiger partial charge is 0.414 e. The van der Waals surface area contributed by atoms with Crippen LogP contribution in [0.2, 0.25) is 5.02 Å². The third-order valence-electron chi connectivity index (χ3n) is 5.72. The van der Waals surface area contributed by atoms with E-state index in [2.05, 4.69) is 20.1 Å². The topological polar surface area (TPSA) is 173 Å². The summed E-state index contributed by atoms with van der Waals surface area (Å²) >= 11 is 6.04. The van der Waals surface area contributed by atoms with Crippen LogP contribution in [0.15, 0.2) is 65.7 Å². The fourth-order valence-electron chi connectivity index (χ4n) is 3.97. The van der Waals surface area contributed by atoms with E-state index in [-0.39, 0.29) is 11.7 Å². The lowest BCUT2D eigenvalue weighted by atomic mass is 9.88. The van der Waals surface area contributed by atoms with E-state index in [0.717, 1.165) is 22.2 Å². The number of aliphatic carboxylic acids is 2. The number of methoxy groups -OCH3 is 1. The molecule has 0 saturated heterocycles. The Bertz CT molecular complexity index is 1610. The Morgan fingerprint density at radius 2 is 1.85 bits per heavy atom. The number of nitrogens with one attached hydrogen (secondary N) is 1. The lowest BCUT2D eigenvalue weighted by molar-refractivity contribution is -0.159. The molecule has 3 aromatic heterocycles. The van der Waals surface area contributed by atoms with Gasteiger partial charge in [0.15, 0.2) is 11.6 Å². The van der Waals surface area contributed by atoms with Crippen molar-refractivity contribution in [2.75, 3.05) is 7.11 Å². The van der Waals surface area contributed by atoms with Gasteiger partial charge in [-0.15, -0.1) is 0 Å². The zero-order valence-corrected chi connectivity index (χ0v) is 21.4. The molecule has 0 fully saturated rings. The van der Waals surface area contributed by atoms with Gasteiger partial charge in [-0.3, -0.25) is 4.79 Å². The number of carboxylic acid groups (broad SMARTS) is 2. The van der Waals surface area contributed by atoms with Gasteiger partial charge in [0.25, 0.3) is 0 Å². The maximum absolute atomic E-state index is 13.8. The fraction of sp³-hybridized carbons (Fsp3) is 0.154. The van der Waals surface area contributed by atoms with Gasteiger partial charge in [0, 0.05) is 45.1 Å². The van der Waals surface area contributed by atoms with Gasteiger partial charge in [0.05, 0.1) is 20.0 Å². The van der Waals surface area contributed by atoms with Gasteiger partial charge < -0.3 is 29.0 Å². The zero-order valence-electron chi connectivity index (χ0n) is 20.7. The number of Topliss-reactive ketones (excluding diaryl/α,β-unsaturated/α-hetero) is 1. The largest absolute Gasteiger partial charge is 0.497 e. The van der Waals surface area contributed by atoms with Crippen LogP contribution in [-0.4, -0.2) is 59.7 Å². The Morgan fingerprint density at radius 3 is 2.46 bits per heavy atom. The lowest BCUT2D eigenvalue weighted by Gasteiger charge is -2.13. The number of rotatable bonds is 7. The Morgan fingerprint density at radius 1 is 1.13 bits per heavy atom. The number of hydrogen-bond donors (Lipinski definition) is 3. The number of benzene rings is 2. The van der Waals surface area contributed by atoms with Crippen molar-refractivity contribution in [2.45, 2.75) is 19.4 Å². The minimum absolute atomic E-state index is 0.170. The first-order valence-corrected chi connectivity index (χ1v) is 11.8. The van der Waals surface area contributed by atoms with Crippen LogP contribution in [0.5, 0.6) is 5.75 Å². The average Bonchev–Trinajstić information content (AvgIpc) is 3.66. The second kappa shape index (κ2) is 11.6. The number of halogens is 1. The highest BCUT2D eigenvalue weighted by Gasteiger charge is 2.33. The number of aromatic amines is 1. The Balaban J connectivity index is 0.000000531. The normalized spacial score (nSPS) is 11.5. The second-order valence-corrected chi connectivity index (χ2v) is 8.71. The summed E-state index contributed by atoms with van der Waals surface area (Å²) in [5.74, 6) is -3.27. The number of carbonyl (C=O) groups is 3. The second-order valence-electron chi connectivity index (χ2n) is 8.27. The number of carboxylic acids is 2. The summed E-state index contributed by atoms with van der Waals surface area (Å²) in [6, 6.07) is 12.5. The molecular weight excluding hydrogens is 530 g/mol. The van der Waals surface area contributed by atoms with Crippen LogP contribution in [-0.2, 0) is 16.1 Å². The van der Waals surface area contributed by atoms with E-state index in [1.165, 1.54) is 0 Å². The number of nitrogens with zero attached hydrogens (tertiary/aromatic N) is 4. The number of H-pyrrole nitrogens is 1. The number of aromatic nitrogens is 5. The summed E-state index contributed by atoms with van der Waals surface area (Å²) in [6.45, 7) is 2.30. The predicted octanol–water partition coefficient (Wildman–Crippen LogP) is 3.94. The Hall–Kier alpha value is -4.97. The van der Waals surface area contributed by atoms with Crippen LogP contribution in [0.3, 0.4) is 0 Å². The van der Waals surface area contributed by atoms with Crippen LogP contribution >= 0.6 is 11.6 Å². The first kappa shape index (κ1) is 27.1. The molecule has 2 aromatic carbocycles. The highest BCUT2D eigenvalue weighted by molar-refractivity contribution is 6.30. The molecule has 39 heavy (non-hydrogen) atoms. The molecule has 0 amide bonds. The molecule has 1 unspecified atom stereocenters. The van der Waals surface area contributed by atoms with Gasteiger partial charge in [-0.2, -0.15) is 4.98 Å². The molecule has 0 saturated carbocycles. The summed E-state index contributed by atoms with van der Waals surface area (Å²) in [6.07, 6.45) is 5.15. The standard InChI is InChI=1S/C24H20ClN5O3.C2H2O4/c1-14-21(18-11-17(32-2)7-8-19(18)27-14)22(23(31)15-3-5-16(25)6-4-15)24-28-20(29-33-24)12-30-10-9-26-13-30;3-1(4)2(5)6/h3-11,13,22,27H,12H2,1-2H3;(H,3,4)(H,5,6). The number of aryl methyl sites for hydroxylation is 1. The Kier molecular flexibility index (Phi) is 8.06. The molecule has 0 aliphatic carbocycles. The SMILES string of the molecule is COc1ccc2[nH]c(C)c(C(C(=O)c3ccc(Cl)cc3)c3nc(Cn4ccnc4)no3)c2c1.O=C(O)C(=O)O. The molecule has 12 nitrogen and oxygen atoms in total. The van der Waals surface area contributed by atoms with E-state index >= 15 is 0 Å². The molecular formula is C26H22ClN5O7. The summed E-state index contributed by atoms with van der Waals surface area (Å²) in [7, 11) is 1.61. The van der Waals surface area contributed by atoms with Crippen molar-refractivity contribution in [1.29, 1.82) is 0 Å². The van der Waals surface area contributed by atoms with Crippen LogP contribution in [0.25, 0.3) is 10.9 Å². The van der Waals surface area contributed by atoms with Crippen molar-refractivity contribution in [3.8, 4) is 5.75 Å². The minimum Gasteiger partial charge on any atom is -0.497 e. The van der Waals surface area contributed by atoms with E-state index in [1.807, 2.05) is 35.9 Å². The van der Waals surface area contributed by atoms with E-state index < -0.39 is 17.9 Å². The third kappa shape index (κ3) is 6.13. The highest BCUT2D eigenvalue weighted by Crippen LogP contribution is 2.37. The van der Waals surface area contributed by atoms with E-state index in [0.29, 0.717) is 28.7 Å². The molecule has 0 aliphatic heterocycles. The number of fused-ring (bicyclic) bond motifs is 1. The molecule has 1 atom stereocenters. The van der Waals surface area contributed by atoms with Gasteiger partial charge in [-0.25, -0.2) is 14.6 Å². The molecule has 0 spiro atoms. The maximum Gasteiger partial charge on any atom is 0.414 e. The Labute approximate surface area is 225 Å². The molecule has 3 N–H and O–H groups in total. The molecule has 13 heteroatoms. The van der Waals surface area contributed by atoms with Crippen molar-refractivity contribution < 1.29 is 33.9 Å². The molecule has 200 valence electrons. The molecule has 5 aromatic rings. The fourth-order valence-corrected chi connectivity index (χ4v) is 4.09. The molecule has 5 rings (SSSR count). The van der Waals surface area contributed by atoms with Gasteiger partial charge >= 0.3 is 11.9 Å². The number of ether oxygens (including phenoxy) is 1. The lowest BCUT2D eigenvalue weighted by Crippen LogP contribution is -2.16. The van der Waals surface area contributed by atoms with Crippen LogP contribution in [0.4, 0.5) is 0 Å². The molecule has 0 radical (unpaired) electrons. The number of carbonyl (C=O) groups excluding carboxylic acids is 1. The highest BCUT2D eigenvalue weighted by atomic mass is 35.5. The van der Waals surface area contributed by atoms with E-state index in [9.17, 15) is 4.79 Å². The van der Waals surface area contributed by atoms with Gasteiger partial charge in [-0.05, 0) is 49.4 Å². The van der Waals surface area contributed by atoms with Crippen molar-refractivity contribution >= 4 is 40.2 Å². The van der Waals surface area contributed by atoms with E-state index in [1.54, 1.807) is 43.9 Å². The quantitative estimate of drug-likeness (QED) is 0.198. The van der Waals surface area contributed by atoms with Crippen molar-refractivity contribution in [1.82, 2.24) is 24.7 Å². The van der Waals surface area contributed by atoms with Crippen molar-refractivity contribution in [3.63, 3.8) is 0 Å². The maximum atomic E-state index is 13.8. The summed E-state index contributed by atoms with van der Waals surface area (Å²) in [5, 5.41) is 20.3. The average molecular weight is 552 g/mol. The van der Waals surface area contributed by atoms with Crippen LogP contribution in [0.1, 0.15) is 39.2 Å². The summed E-state index contributed by atoms with van der Waals surface area (Å²) in [4.78, 5) is 44.0. The van der Waals surface area contributed by atoms with Crippen LogP contribution in [0, 0.1) is 6.92 Å². The first-order chi connectivity index (χ1) is 18.7. The first-order valence-electron chi connectivity index (χ1n) is 11.4.